The number of urea groups is 1. The van der Waals surface area contributed by atoms with E-state index in [-0.39, 0.29) is 23.6 Å². The van der Waals surface area contributed by atoms with Crippen LogP contribution in [-0.2, 0) is 11.7 Å². The molecule has 1 heterocycles. The Hall–Kier alpha value is -4.01. The Morgan fingerprint density at radius 3 is 2.33 bits per heavy atom. The van der Waals surface area contributed by atoms with Gasteiger partial charge >= 0.3 is 12.2 Å². The number of aryl methyl sites for hydroxylation is 2. The van der Waals surface area contributed by atoms with Gasteiger partial charge in [-0.3, -0.25) is 4.98 Å². The predicted molar refractivity (Wildman–Crippen MR) is 140 cm³/mol. The first-order valence-electron chi connectivity index (χ1n) is 12.4. The van der Waals surface area contributed by atoms with E-state index in [1.165, 1.54) is 12.1 Å². The molecule has 2 N–H and O–H groups in total. The molecule has 1 aromatic heterocycles. The minimum Gasteiger partial charge on any atom is -0.322 e. The molecule has 0 saturated heterocycles. The first kappa shape index (κ1) is 28.0. The molecule has 0 spiro atoms. The number of pyridine rings is 1. The number of rotatable bonds is 6. The second-order valence-corrected chi connectivity index (χ2v) is 9.88. The van der Waals surface area contributed by atoms with Gasteiger partial charge in [0.2, 0.25) is 0 Å². The van der Waals surface area contributed by atoms with Crippen LogP contribution in [0, 0.1) is 31.4 Å². The molecule has 2 unspecified atom stereocenters. The van der Waals surface area contributed by atoms with Crippen LogP contribution in [0.3, 0.4) is 0 Å². The second-order valence-electron chi connectivity index (χ2n) is 9.88. The van der Waals surface area contributed by atoms with Crippen LogP contribution in [0.2, 0.25) is 0 Å². The van der Waals surface area contributed by atoms with Gasteiger partial charge in [-0.1, -0.05) is 42.9 Å². The average Bonchev–Trinajstić information content (AvgIpc) is 2.83. The number of anilines is 1. The van der Waals surface area contributed by atoms with Crippen LogP contribution in [0.4, 0.5) is 32.4 Å². The topological polar surface area (TPSA) is 54.0 Å². The fraction of sp³-hybridized carbons (Fsp3) is 0.267. The van der Waals surface area contributed by atoms with Gasteiger partial charge in [-0.2, -0.15) is 13.2 Å². The van der Waals surface area contributed by atoms with Crippen LogP contribution in [0.25, 0.3) is 0 Å². The van der Waals surface area contributed by atoms with Crippen LogP contribution in [0.15, 0.2) is 78.4 Å². The fourth-order valence-electron chi connectivity index (χ4n) is 4.85. The maximum Gasteiger partial charge on any atom is 0.416 e. The Morgan fingerprint density at radius 1 is 1.00 bits per heavy atom. The van der Waals surface area contributed by atoms with Crippen molar-refractivity contribution in [3.8, 4) is 0 Å². The normalized spacial score (nSPS) is 16.8. The highest BCUT2D eigenvalue weighted by molar-refractivity contribution is 5.90. The Labute approximate surface area is 223 Å². The molecule has 0 saturated carbocycles. The summed E-state index contributed by atoms with van der Waals surface area (Å²) >= 11 is 0. The zero-order chi connectivity index (χ0) is 28.4. The van der Waals surface area contributed by atoms with Gasteiger partial charge in [0.05, 0.1) is 11.3 Å². The zero-order valence-corrected chi connectivity index (χ0v) is 21.7. The quantitative estimate of drug-likeness (QED) is 0.311. The number of alkyl halides is 3. The van der Waals surface area contributed by atoms with E-state index in [1.54, 1.807) is 13.0 Å². The number of halogens is 5. The zero-order valence-electron chi connectivity index (χ0n) is 21.7. The van der Waals surface area contributed by atoms with Gasteiger partial charge in [0.15, 0.2) is 0 Å². The van der Waals surface area contributed by atoms with E-state index in [0.717, 1.165) is 41.8 Å². The Bertz CT molecular complexity index is 1410. The van der Waals surface area contributed by atoms with Crippen molar-refractivity contribution < 1.29 is 26.7 Å². The number of nitrogens with one attached hydrogen (secondary N) is 2. The summed E-state index contributed by atoms with van der Waals surface area (Å²) < 4.78 is 69.1. The summed E-state index contributed by atoms with van der Waals surface area (Å²) in [6, 6.07) is 10.0. The molecule has 0 aliphatic heterocycles. The number of carbonyl (C=O) groups excluding carboxylic acids is 1. The van der Waals surface area contributed by atoms with Crippen molar-refractivity contribution in [1.29, 1.82) is 0 Å². The smallest absolute Gasteiger partial charge is 0.322 e. The number of benzene rings is 2. The molecular weight excluding hydrogens is 513 g/mol. The van der Waals surface area contributed by atoms with Crippen LogP contribution in [0.5, 0.6) is 0 Å². The molecule has 3 aromatic rings. The number of hydrogen-bond donors (Lipinski definition) is 2. The number of carbonyl (C=O) groups is 1. The molecular formula is C30H28F5N3O. The molecule has 2 aromatic carbocycles. The molecule has 4 nitrogen and oxygen atoms in total. The lowest BCUT2D eigenvalue weighted by molar-refractivity contribution is -0.137. The van der Waals surface area contributed by atoms with Gasteiger partial charge in [-0.05, 0) is 73.7 Å². The largest absolute Gasteiger partial charge is 0.416 e. The van der Waals surface area contributed by atoms with E-state index in [4.69, 9.17) is 0 Å². The lowest BCUT2D eigenvalue weighted by Crippen LogP contribution is -2.50. The van der Waals surface area contributed by atoms with Crippen molar-refractivity contribution in [3.05, 3.63) is 118 Å². The molecule has 204 valence electrons. The van der Waals surface area contributed by atoms with Crippen LogP contribution in [0.1, 0.15) is 47.8 Å². The standard InChI is InChI=1S/C30H28F5N3O/c1-18-11-20(3)36-27(12-18)29(17-21-8-5-4-7-19(21)2,22-9-6-10-23(13-22)30(33,34)35)38-28(39)37-26-15-24(31)14-25(32)16-26/h4-6,8-16,19H,7,17H2,1-3H3,(H2,37,38,39). The number of hydrogen-bond acceptors (Lipinski definition) is 2. The second kappa shape index (κ2) is 11.0. The molecule has 0 bridgehead atoms. The van der Waals surface area contributed by atoms with Gasteiger partial charge in [-0.25, -0.2) is 13.6 Å². The molecule has 9 heteroatoms. The molecule has 1 aliphatic rings. The third kappa shape index (κ3) is 6.53. The highest BCUT2D eigenvalue weighted by Gasteiger charge is 2.41. The van der Waals surface area contributed by atoms with E-state index in [2.05, 4.69) is 15.6 Å². The van der Waals surface area contributed by atoms with Crippen LogP contribution < -0.4 is 10.6 Å². The molecule has 4 rings (SSSR count). The van der Waals surface area contributed by atoms with E-state index in [9.17, 15) is 26.7 Å². The van der Waals surface area contributed by atoms with Crippen molar-refractivity contribution in [2.24, 2.45) is 5.92 Å². The fourth-order valence-corrected chi connectivity index (χ4v) is 4.85. The van der Waals surface area contributed by atoms with E-state index in [0.29, 0.717) is 17.5 Å². The average molecular weight is 542 g/mol. The lowest BCUT2D eigenvalue weighted by Gasteiger charge is -2.38. The summed E-state index contributed by atoms with van der Waals surface area (Å²) in [6.45, 7) is 5.58. The lowest BCUT2D eigenvalue weighted by atomic mass is 9.75. The van der Waals surface area contributed by atoms with Crippen molar-refractivity contribution in [1.82, 2.24) is 10.3 Å². The van der Waals surface area contributed by atoms with Gasteiger partial charge in [0.1, 0.15) is 17.2 Å². The summed E-state index contributed by atoms with van der Waals surface area (Å²) in [7, 11) is 0. The summed E-state index contributed by atoms with van der Waals surface area (Å²) in [5.41, 5.74) is 0.223. The maximum absolute atomic E-state index is 13.8. The Morgan fingerprint density at radius 2 is 1.69 bits per heavy atom. The third-order valence-electron chi connectivity index (χ3n) is 6.70. The molecule has 39 heavy (non-hydrogen) atoms. The molecule has 2 amide bonds. The third-order valence-corrected chi connectivity index (χ3v) is 6.70. The molecule has 2 atom stereocenters. The van der Waals surface area contributed by atoms with E-state index >= 15 is 0 Å². The van der Waals surface area contributed by atoms with Crippen LogP contribution in [-0.4, -0.2) is 11.0 Å². The number of nitrogens with zero attached hydrogens (tertiary/aromatic N) is 1. The van der Waals surface area contributed by atoms with Gasteiger partial charge in [-0.15, -0.1) is 0 Å². The minimum absolute atomic E-state index is 0.0493. The van der Waals surface area contributed by atoms with Crippen LogP contribution >= 0.6 is 0 Å². The highest BCUT2D eigenvalue weighted by Crippen LogP contribution is 2.41. The van der Waals surface area contributed by atoms with Gasteiger partial charge in [0, 0.05) is 23.9 Å². The number of allylic oxidation sites excluding steroid dienone is 3. The van der Waals surface area contributed by atoms with Gasteiger partial charge in [0.25, 0.3) is 0 Å². The first-order chi connectivity index (χ1) is 18.4. The molecule has 0 radical (unpaired) electrons. The van der Waals surface area contributed by atoms with Crippen molar-refractivity contribution >= 4 is 11.7 Å². The summed E-state index contributed by atoms with van der Waals surface area (Å²) in [5, 5.41) is 5.29. The minimum atomic E-state index is -4.63. The summed E-state index contributed by atoms with van der Waals surface area (Å²) in [6.07, 6.45) is 1.96. The van der Waals surface area contributed by atoms with E-state index in [1.807, 2.05) is 38.1 Å². The van der Waals surface area contributed by atoms with E-state index < -0.39 is 34.9 Å². The number of aromatic nitrogens is 1. The van der Waals surface area contributed by atoms with Crippen molar-refractivity contribution in [2.45, 2.75) is 45.3 Å². The molecule has 1 aliphatic carbocycles. The predicted octanol–water partition coefficient (Wildman–Crippen LogP) is 7.97. The first-order valence-corrected chi connectivity index (χ1v) is 12.4. The Kier molecular flexibility index (Phi) is 7.90. The highest BCUT2D eigenvalue weighted by atomic mass is 19.4. The van der Waals surface area contributed by atoms with Crippen molar-refractivity contribution in [3.63, 3.8) is 0 Å². The summed E-state index contributed by atoms with van der Waals surface area (Å²) in [4.78, 5) is 18.1. The van der Waals surface area contributed by atoms with Gasteiger partial charge < -0.3 is 10.6 Å². The maximum atomic E-state index is 13.8. The monoisotopic (exact) mass is 541 g/mol. The summed E-state index contributed by atoms with van der Waals surface area (Å²) in [5.74, 6) is -1.73. The van der Waals surface area contributed by atoms with Crippen molar-refractivity contribution in [2.75, 3.05) is 5.32 Å². The molecule has 0 fully saturated rings. The number of amides is 2. The SMILES string of the molecule is Cc1cc(C)nc(C(CC2=CC=CCC2C)(NC(=O)Nc2cc(F)cc(F)c2)c2cccc(C(F)(F)F)c2)c1. The Balaban J connectivity index is 1.92.